The molecule has 0 spiro atoms. The molecule has 2 rings (SSSR count). The Balaban J connectivity index is 2.28. The molecule has 106 valence electrons. The van der Waals surface area contributed by atoms with E-state index in [1.807, 2.05) is 0 Å². The van der Waals surface area contributed by atoms with E-state index >= 15 is 0 Å². The van der Waals surface area contributed by atoms with Gasteiger partial charge >= 0.3 is 5.97 Å². The minimum Gasteiger partial charge on any atom is -0.461 e. The Morgan fingerprint density at radius 3 is 2.68 bits per heavy atom. The molecule has 0 bridgehead atoms. The fourth-order valence-electron chi connectivity index (χ4n) is 2.72. The second-order valence-corrected chi connectivity index (χ2v) is 5.05. The lowest BCUT2D eigenvalue weighted by Gasteiger charge is -2.41. The normalized spacial score (nSPS) is 23.4. The maximum Gasteiger partial charge on any atom is 0.360 e. The van der Waals surface area contributed by atoms with E-state index in [1.165, 1.54) is 6.42 Å². The van der Waals surface area contributed by atoms with Gasteiger partial charge in [-0.15, -0.1) is 0 Å². The van der Waals surface area contributed by atoms with Crippen molar-refractivity contribution in [1.82, 2.24) is 9.66 Å². The van der Waals surface area contributed by atoms with Crippen molar-refractivity contribution in [1.29, 1.82) is 0 Å². The fourth-order valence-corrected chi connectivity index (χ4v) is 2.72. The summed E-state index contributed by atoms with van der Waals surface area (Å²) in [6, 6.07) is 0.769. The molecule has 1 aromatic heterocycles. The highest BCUT2D eigenvalue weighted by molar-refractivity contribution is 5.92. The highest BCUT2D eigenvalue weighted by Gasteiger charge is 2.28. The molecule has 2 heterocycles. The van der Waals surface area contributed by atoms with Gasteiger partial charge in [-0.05, 0) is 40.0 Å². The Labute approximate surface area is 113 Å². The van der Waals surface area contributed by atoms with Gasteiger partial charge in [-0.2, -0.15) is 0 Å². The summed E-state index contributed by atoms with van der Waals surface area (Å²) in [5, 5.41) is 2.19. The topological polar surface area (TPSA) is 73.4 Å². The van der Waals surface area contributed by atoms with Crippen LogP contribution in [0, 0.1) is 0 Å². The zero-order valence-electron chi connectivity index (χ0n) is 11.8. The van der Waals surface area contributed by atoms with Crippen LogP contribution >= 0.6 is 0 Å². The summed E-state index contributed by atoms with van der Waals surface area (Å²) in [5.41, 5.74) is 6.25. The molecular formula is C13H22N4O2. The summed E-state index contributed by atoms with van der Waals surface area (Å²) >= 11 is 0. The molecule has 0 aromatic carbocycles. The van der Waals surface area contributed by atoms with Crippen molar-refractivity contribution in [3.05, 3.63) is 12.0 Å². The zero-order valence-corrected chi connectivity index (χ0v) is 11.8. The largest absolute Gasteiger partial charge is 0.461 e. The first-order valence-electron chi connectivity index (χ1n) is 6.84. The molecule has 1 aliphatic rings. The second kappa shape index (κ2) is 5.50. The molecule has 0 radical (unpaired) electrons. The highest BCUT2D eigenvalue weighted by Crippen LogP contribution is 2.24. The Kier molecular flexibility index (Phi) is 3.97. The maximum atomic E-state index is 11.7. The molecule has 1 saturated heterocycles. The van der Waals surface area contributed by atoms with Crippen molar-refractivity contribution >= 4 is 11.8 Å². The number of hydrogen-bond acceptors (Lipinski definition) is 5. The number of carbonyl (C=O) groups excluding carboxylic acids is 1. The van der Waals surface area contributed by atoms with Gasteiger partial charge in [0.25, 0.3) is 0 Å². The van der Waals surface area contributed by atoms with E-state index in [0.717, 1.165) is 12.8 Å². The number of anilines is 1. The molecule has 0 amide bonds. The third-order valence-corrected chi connectivity index (χ3v) is 3.65. The smallest absolute Gasteiger partial charge is 0.360 e. The van der Waals surface area contributed by atoms with E-state index in [0.29, 0.717) is 24.5 Å². The van der Waals surface area contributed by atoms with Crippen LogP contribution in [0.3, 0.4) is 0 Å². The molecule has 6 nitrogen and oxygen atoms in total. The number of esters is 1. The third-order valence-electron chi connectivity index (χ3n) is 3.65. The summed E-state index contributed by atoms with van der Waals surface area (Å²) < 4.78 is 6.74. The number of nitrogens with two attached hydrogens (primary N) is 1. The number of imidazole rings is 1. The Hall–Kier alpha value is -1.72. The number of nitrogens with zero attached hydrogens (tertiary/aromatic N) is 3. The standard InChI is InChI=1S/C13H22N4O2/c1-4-19-13(18)11-12(14)16(8-15-11)17-9(2)6-5-7-10(17)3/h8-10H,4-7,14H2,1-3H3. The third kappa shape index (κ3) is 2.52. The van der Waals surface area contributed by atoms with Crippen molar-refractivity contribution in [2.24, 2.45) is 0 Å². The fraction of sp³-hybridized carbons (Fsp3) is 0.692. The molecule has 0 aliphatic carbocycles. The van der Waals surface area contributed by atoms with Crippen LogP contribution in [0.5, 0.6) is 0 Å². The number of carbonyl (C=O) groups is 1. The molecule has 2 N–H and O–H groups in total. The Morgan fingerprint density at radius 1 is 1.47 bits per heavy atom. The van der Waals surface area contributed by atoms with Crippen molar-refractivity contribution in [2.45, 2.75) is 52.1 Å². The monoisotopic (exact) mass is 266 g/mol. The van der Waals surface area contributed by atoms with E-state index < -0.39 is 5.97 Å². The summed E-state index contributed by atoms with van der Waals surface area (Å²) in [7, 11) is 0. The number of hydrogen-bond donors (Lipinski definition) is 1. The predicted molar refractivity (Wildman–Crippen MR) is 73.6 cm³/mol. The van der Waals surface area contributed by atoms with E-state index in [-0.39, 0.29) is 5.69 Å². The van der Waals surface area contributed by atoms with Gasteiger partial charge in [0.2, 0.25) is 0 Å². The first kappa shape index (κ1) is 13.7. The van der Waals surface area contributed by atoms with E-state index in [1.54, 1.807) is 17.9 Å². The molecule has 6 heteroatoms. The van der Waals surface area contributed by atoms with Crippen LogP contribution in [0.25, 0.3) is 0 Å². The van der Waals surface area contributed by atoms with Crippen molar-refractivity contribution < 1.29 is 9.53 Å². The molecule has 1 aliphatic heterocycles. The molecule has 19 heavy (non-hydrogen) atoms. The molecule has 0 saturated carbocycles. The van der Waals surface area contributed by atoms with Crippen LogP contribution in [-0.4, -0.2) is 34.3 Å². The molecule has 2 unspecified atom stereocenters. The van der Waals surface area contributed by atoms with E-state index in [4.69, 9.17) is 10.5 Å². The maximum absolute atomic E-state index is 11.7. The number of rotatable bonds is 3. The molecule has 2 atom stereocenters. The highest BCUT2D eigenvalue weighted by atomic mass is 16.5. The van der Waals surface area contributed by atoms with Gasteiger partial charge in [0.1, 0.15) is 6.33 Å². The number of aromatic nitrogens is 2. The molecular weight excluding hydrogens is 244 g/mol. The van der Waals surface area contributed by atoms with E-state index in [9.17, 15) is 4.79 Å². The van der Waals surface area contributed by atoms with Gasteiger partial charge in [0, 0.05) is 12.1 Å². The lowest BCUT2D eigenvalue weighted by Crippen LogP contribution is -2.51. The summed E-state index contributed by atoms with van der Waals surface area (Å²) in [4.78, 5) is 15.8. The quantitative estimate of drug-likeness (QED) is 0.840. The second-order valence-electron chi connectivity index (χ2n) is 5.05. The molecule has 1 aromatic rings. The summed E-state index contributed by atoms with van der Waals surface area (Å²) in [6.07, 6.45) is 5.07. The van der Waals surface area contributed by atoms with E-state index in [2.05, 4.69) is 23.8 Å². The average Bonchev–Trinajstić information content (AvgIpc) is 2.72. The van der Waals surface area contributed by atoms with Gasteiger partial charge in [-0.3, -0.25) is 0 Å². The van der Waals surface area contributed by atoms with Crippen molar-refractivity contribution in [3.8, 4) is 0 Å². The van der Waals surface area contributed by atoms with Crippen molar-refractivity contribution in [3.63, 3.8) is 0 Å². The van der Waals surface area contributed by atoms with Crippen LogP contribution in [0.4, 0.5) is 5.82 Å². The van der Waals surface area contributed by atoms with Gasteiger partial charge in [0.05, 0.1) is 6.61 Å². The number of piperidine rings is 1. The Morgan fingerprint density at radius 2 is 2.11 bits per heavy atom. The predicted octanol–water partition coefficient (Wildman–Crippen LogP) is 1.54. The molecule has 1 fully saturated rings. The van der Waals surface area contributed by atoms with Crippen LogP contribution in [0.15, 0.2) is 6.33 Å². The van der Waals surface area contributed by atoms with Crippen LogP contribution in [0.1, 0.15) is 50.5 Å². The number of ether oxygens (including phenoxy) is 1. The lowest BCUT2D eigenvalue weighted by molar-refractivity contribution is 0.0521. The van der Waals surface area contributed by atoms with Crippen LogP contribution in [-0.2, 0) is 4.74 Å². The lowest BCUT2D eigenvalue weighted by atomic mass is 10.00. The van der Waals surface area contributed by atoms with Gasteiger partial charge in [-0.1, -0.05) is 0 Å². The Bertz CT molecular complexity index is 447. The minimum absolute atomic E-state index is 0.201. The van der Waals surface area contributed by atoms with Crippen LogP contribution < -0.4 is 10.7 Å². The van der Waals surface area contributed by atoms with Gasteiger partial charge < -0.3 is 15.5 Å². The van der Waals surface area contributed by atoms with Crippen LogP contribution in [0.2, 0.25) is 0 Å². The zero-order chi connectivity index (χ0) is 14.0. The van der Waals surface area contributed by atoms with Gasteiger partial charge in [0.15, 0.2) is 11.5 Å². The number of nitrogen functional groups attached to an aromatic ring is 1. The summed E-state index contributed by atoms with van der Waals surface area (Å²) in [6.45, 7) is 6.42. The first-order valence-corrected chi connectivity index (χ1v) is 6.84. The first-order chi connectivity index (χ1) is 9.06. The minimum atomic E-state index is -0.462. The average molecular weight is 266 g/mol. The van der Waals surface area contributed by atoms with Crippen molar-refractivity contribution in [2.75, 3.05) is 17.3 Å². The summed E-state index contributed by atoms with van der Waals surface area (Å²) in [5.74, 6) is -0.102. The SMILES string of the molecule is CCOC(=O)c1ncn(N2C(C)CCCC2C)c1N. The van der Waals surface area contributed by atoms with Gasteiger partial charge in [-0.25, -0.2) is 14.5 Å².